The Kier molecular flexibility index (Phi) is 5.29. The molecule has 1 aromatic carbocycles. The summed E-state index contributed by atoms with van der Waals surface area (Å²) in [5.41, 5.74) is 5.36. The van der Waals surface area contributed by atoms with Gasteiger partial charge < -0.3 is 20.6 Å². The monoisotopic (exact) mass is 479 g/mol. The molecule has 3 aromatic heterocycles. The number of benzene rings is 1. The van der Waals surface area contributed by atoms with E-state index in [-0.39, 0.29) is 6.04 Å². The fraction of sp³-hybridized carbons (Fsp3) is 0.357. The van der Waals surface area contributed by atoms with Crippen LogP contribution >= 0.6 is 0 Å². The van der Waals surface area contributed by atoms with Gasteiger partial charge in [0.15, 0.2) is 5.82 Å². The van der Waals surface area contributed by atoms with E-state index in [1.807, 2.05) is 36.7 Å². The van der Waals surface area contributed by atoms with Crippen molar-refractivity contribution in [1.29, 1.82) is 0 Å². The lowest BCUT2D eigenvalue weighted by molar-refractivity contribution is 0.165. The van der Waals surface area contributed by atoms with E-state index in [9.17, 15) is 5.11 Å². The number of hydrogen-bond acceptors (Lipinski definition) is 8. The van der Waals surface area contributed by atoms with Crippen molar-refractivity contribution in [3.05, 3.63) is 71.7 Å². The number of aliphatic hydroxyl groups excluding tert-OH is 1. The second kappa shape index (κ2) is 8.80. The first-order chi connectivity index (χ1) is 17.7. The summed E-state index contributed by atoms with van der Waals surface area (Å²) >= 11 is 0. The first-order valence-corrected chi connectivity index (χ1v) is 12.8. The van der Waals surface area contributed by atoms with Crippen LogP contribution in [-0.4, -0.2) is 57.3 Å². The van der Waals surface area contributed by atoms with E-state index in [0.717, 1.165) is 54.0 Å². The molecule has 36 heavy (non-hydrogen) atoms. The summed E-state index contributed by atoms with van der Waals surface area (Å²) in [7, 11) is 0. The second-order valence-corrected chi connectivity index (χ2v) is 10.0. The molecular formula is C28H29N7O. The predicted molar refractivity (Wildman–Crippen MR) is 140 cm³/mol. The van der Waals surface area contributed by atoms with Gasteiger partial charge in [0, 0.05) is 55.9 Å². The highest BCUT2D eigenvalue weighted by molar-refractivity contribution is 5.94. The average Bonchev–Trinajstić information content (AvgIpc) is 3.73. The van der Waals surface area contributed by atoms with Crippen molar-refractivity contribution in [2.24, 2.45) is 0 Å². The van der Waals surface area contributed by atoms with Crippen LogP contribution in [0, 0.1) is 0 Å². The average molecular weight is 480 g/mol. The number of nitrogens with zero attached hydrogens (tertiary/aromatic N) is 5. The van der Waals surface area contributed by atoms with Crippen molar-refractivity contribution in [2.75, 3.05) is 36.4 Å². The van der Waals surface area contributed by atoms with Crippen LogP contribution in [0.25, 0.3) is 22.3 Å². The highest BCUT2D eigenvalue weighted by Gasteiger charge is 2.31. The summed E-state index contributed by atoms with van der Waals surface area (Å²) in [5, 5.41) is 18.8. The van der Waals surface area contributed by atoms with E-state index in [1.54, 1.807) is 6.20 Å². The van der Waals surface area contributed by atoms with Crippen molar-refractivity contribution in [1.82, 2.24) is 25.3 Å². The maximum absolute atomic E-state index is 10.7. The minimum absolute atomic E-state index is 0.191. The Hall–Kier alpha value is -3.62. The first kappa shape index (κ1) is 21.6. The highest BCUT2D eigenvalue weighted by atomic mass is 16.3. The van der Waals surface area contributed by atoms with Gasteiger partial charge in [-0.25, -0.2) is 15.0 Å². The maximum Gasteiger partial charge on any atom is 0.162 e. The van der Waals surface area contributed by atoms with Crippen LogP contribution < -0.4 is 15.5 Å². The Morgan fingerprint density at radius 1 is 1.00 bits per heavy atom. The van der Waals surface area contributed by atoms with Crippen molar-refractivity contribution in [2.45, 2.75) is 37.3 Å². The molecule has 0 spiro atoms. The van der Waals surface area contributed by atoms with Crippen LogP contribution in [0.3, 0.4) is 0 Å². The molecule has 2 atom stereocenters. The summed E-state index contributed by atoms with van der Waals surface area (Å²) in [4.78, 5) is 21.6. The zero-order valence-corrected chi connectivity index (χ0v) is 20.1. The Morgan fingerprint density at radius 3 is 2.72 bits per heavy atom. The van der Waals surface area contributed by atoms with Crippen molar-refractivity contribution < 1.29 is 5.11 Å². The zero-order chi connectivity index (χ0) is 24.1. The second-order valence-electron chi connectivity index (χ2n) is 10.0. The lowest BCUT2D eigenvalue weighted by atomic mass is 10.1. The highest BCUT2D eigenvalue weighted by Crippen LogP contribution is 2.45. The summed E-state index contributed by atoms with van der Waals surface area (Å²) in [6.07, 6.45) is 8.22. The molecule has 0 radical (unpaired) electrons. The standard InChI is InChI=1S/C28H29N7O/c36-23-13-18-3-1-2-4-20(18)26(23)33-24-14-19(7-8-31-24)27-32-22-16-30-15-21(17-5-6-17)25(22)28(34-27)35-11-9-29-10-12-35/h1-4,7-8,14-17,23,26,29,36H,5-6,9-13H2,(H,31,33)/t23-,26-/m0/s1. The number of piperazine rings is 1. The molecule has 0 unspecified atom stereocenters. The van der Waals surface area contributed by atoms with E-state index >= 15 is 0 Å². The zero-order valence-electron chi connectivity index (χ0n) is 20.1. The van der Waals surface area contributed by atoms with Crippen molar-refractivity contribution >= 4 is 22.5 Å². The summed E-state index contributed by atoms with van der Waals surface area (Å²) in [6, 6.07) is 11.9. The number of aromatic nitrogens is 4. The van der Waals surface area contributed by atoms with Gasteiger partial charge in [0.05, 0.1) is 23.9 Å². The van der Waals surface area contributed by atoms with Gasteiger partial charge in [-0.2, -0.15) is 0 Å². The number of fused-ring (bicyclic) bond motifs is 2. The minimum atomic E-state index is -0.490. The molecular weight excluding hydrogens is 450 g/mol. The molecule has 3 N–H and O–H groups in total. The molecule has 2 aliphatic carbocycles. The summed E-state index contributed by atoms with van der Waals surface area (Å²) < 4.78 is 0. The third kappa shape index (κ3) is 3.86. The topological polar surface area (TPSA) is 99.1 Å². The van der Waals surface area contributed by atoms with Gasteiger partial charge in [0.2, 0.25) is 0 Å². The molecule has 1 saturated carbocycles. The van der Waals surface area contributed by atoms with E-state index < -0.39 is 6.10 Å². The maximum atomic E-state index is 10.7. The lowest BCUT2D eigenvalue weighted by Crippen LogP contribution is -2.44. The molecule has 8 nitrogen and oxygen atoms in total. The van der Waals surface area contributed by atoms with Gasteiger partial charge >= 0.3 is 0 Å². The van der Waals surface area contributed by atoms with Gasteiger partial charge in [0.1, 0.15) is 11.6 Å². The molecule has 3 aliphatic rings. The van der Waals surface area contributed by atoms with Crippen molar-refractivity contribution in [3.63, 3.8) is 0 Å². The molecule has 8 heteroatoms. The minimum Gasteiger partial charge on any atom is -0.390 e. The number of anilines is 2. The number of aliphatic hydroxyl groups is 1. The Balaban J connectivity index is 1.28. The van der Waals surface area contributed by atoms with Crippen LogP contribution in [0.5, 0.6) is 0 Å². The molecule has 182 valence electrons. The normalized spacial score (nSPS) is 21.5. The smallest absolute Gasteiger partial charge is 0.162 e. The van der Waals surface area contributed by atoms with Gasteiger partial charge in [0.25, 0.3) is 0 Å². The molecule has 4 heterocycles. The van der Waals surface area contributed by atoms with Gasteiger partial charge in [-0.15, -0.1) is 0 Å². The van der Waals surface area contributed by atoms with Gasteiger partial charge in [-0.3, -0.25) is 4.98 Å². The van der Waals surface area contributed by atoms with Crippen LogP contribution in [0.1, 0.15) is 41.5 Å². The number of nitrogens with one attached hydrogen (secondary N) is 2. The Labute approximate surface area is 209 Å². The number of rotatable bonds is 5. The third-order valence-corrected chi connectivity index (χ3v) is 7.58. The van der Waals surface area contributed by atoms with Gasteiger partial charge in [-0.1, -0.05) is 24.3 Å². The van der Waals surface area contributed by atoms with E-state index in [1.165, 1.54) is 24.0 Å². The van der Waals surface area contributed by atoms with E-state index in [2.05, 4.69) is 37.6 Å². The first-order valence-electron chi connectivity index (χ1n) is 12.8. The molecule has 0 amide bonds. The number of hydrogen-bond donors (Lipinski definition) is 3. The van der Waals surface area contributed by atoms with Crippen LogP contribution in [-0.2, 0) is 6.42 Å². The molecule has 7 rings (SSSR count). The van der Waals surface area contributed by atoms with E-state index in [4.69, 9.17) is 9.97 Å². The molecule has 1 aliphatic heterocycles. The predicted octanol–water partition coefficient (Wildman–Crippen LogP) is 3.44. The van der Waals surface area contributed by atoms with Crippen LogP contribution in [0.2, 0.25) is 0 Å². The number of pyridine rings is 2. The Bertz CT molecular complexity index is 1430. The quantitative estimate of drug-likeness (QED) is 0.400. The molecule has 4 aromatic rings. The molecule has 1 saturated heterocycles. The fourth-order valence-electron chi connectivity index (χ4n) is 5.58. The van der Waals surface area contributed by atoms with Crippen LogP contribution in [0.4, 0.5) is 11.6 Å². The molecule has 0 bridgehead atoms. The Morgan fingerprint density at radius 2 is 1.86 bits per heavy atom. The van der Waals surface area contributed by atoms with E-state index in [0.29, 0.717) is 24.0 Å². The summed E-state index contributed by atoms with van der Waals surface area (Å²) in [6.45, 7) is 3.72. The summed E-state index contributed by atoms with van der Waals surface area (Å²) in [5.74, 6) is 2.94. The van der Waals surface area contributed by atoms with Crippen molar-refractivity contribution in [3.8, 4) is 11.4 Å². The SMILES string of the molecule is O[C@H]1Cc2ccccc2[C@@H]1Nc1cc(-c2nc(N3CCNCC3)c3c(C4CC4)cncc3n2)ccn1. The van der Waals surface area contributed by atoms with Crippen LogP contribution in [0.15, 0.2) is 55.0 Å². The largest absolute Gasteiger partial charge is 0.390 e. The lowest BCUT2D eigenvalue weighted by Gasteiger charge is -2.30. The third-order valence-electron chi connectivity index (χ3n) is 7.58. The fourth-order valence-corrected chi connectivity index (χ4v) is 5.58. The molecule has 2 fully saturated rings. The van der Waals surface area contributed by atoms with Gasteiger partial charge in [-0.05, 0) is 47.6 Å².